The van der Waals surface area contributed by atoms with E-state index in [0.29, 0.717) is 11.4 Å². The van der Waals surface area contributed by atoms with Gasteiger partial charge < -0.3 is 5.11 Å². The molecule has 4 heterocycles. The summed E-state index contributed by atoms with van der Waals surface area (Å²) in [4.78, 5) is 16.0. The van der Waals surface area contributed by atoms with E-state index in [1.165, 1.54) is 0 Å². The summed E-state index contributed by atoms with van der Waals surface area (Å²) in [6.07, 6.45) is 0. The lowest BCUT2D eigenvalue weighted by Gasteiger charge is -2.27. The Morgan fingerprint density at radius 1 is 0.483 bits per heavy atom. The number of fused-ring (bicyclic) bond motifs is 11. The lowest BCUT2D eigenvalue weighted by molar-refractivity contribution is 0.446. The molecule has 0 saturated heterocycles. The van der Waals surface area contributed by atoms with Crippen molar-refractivity contribution in [2.75, 3.05) is 0 Å². The average Bonchev–Trinajstić information content (AvgIpc) is 3.95. The number of nitrogens with zero attached hydrogens (tertiary/aromatic N) is 6. The maximum Gasteiger partial charge on any atom is 0.221 e. The fourth-order valence-electron chi connectivity index (χ4n) is 8.98. The fourth-order valence-corrected chi connectivity index (χ4v) is 8.98. The summed E-state index contributed by atoms with van der Waals surface area (Å²) in [5.74, 6) is 1.75. The van der Waals surface area contributed by atoms with Crippen molar-refractivity contribution in [3.05, 3.63) is 163 Å². The zero-order valence-electron chi connectivity index (χ0n) is 34.6. The quantitative estimate of drug-likeness (QED) is 0.193. The zero-order valence-corrected chi connectivity index (χ0v) is 34.6. The molecule has 0 aliphatic carbocycles. The van der Waals surface area contributed by atoms with Gasteiger partial charge in [0.1, 0.15) is 17.2 Å². The van der Waals surface area contributed by atoms with Crippen LogP contribution in [-0.2, 0) is 10.8 Å². The van der Waals surface area contributed by atoms with Crippen molar-refractivity contribution in [2.45, 2.75) is 52.4 Å². The molecule has 1 N–H and O–H groups in total. The molecule has 0 unspecified atom stereocenters. The number of aromatic hydroxyl groups is 1. The molecule has 11 aromatic rings. The third kappa shape index (κ3) is 5.38. The van der Waals surface area contributed by atoms with Gasteiger partial charge in [-0.2, -0.15) is 0 Å². The average molecular weight is 781 g/mol. The third-order valence-corrected chi connectivity index (χ3v) is 12.0. The van der Waals surface area contributed by atoms with Crippen molar-refractivity contribution >= 4 is 55.4 Å². The van der Waals surface area contributed by atoms with Gasteiger partial charge in [-0.3, -0.25) is 13.4 Å². The van der Waals surface area contributed by atoms with E-state index in [1.54, 1.807) is 0 Å². The summed E-state index contributed by atoms with van der Waals surface area (Å²) in [7, 11) is 0. The summed E-state index contributed by atoms with van der Waals surface area (Å²) < 4.78 is 6.69. The van der Waals surface area contributed by atoms with E-state index in [1.807, 2.05) is 12.1 Å². The molecular weight excluding hydrogens is 737 g/mol. The lowest BCUT2D eigenvalue weighted by atomic mass is 9.79. The predicted molar refractivity (Wildman–Crippen MR) is 246 cm³/mol. The minimum atomic E-state index is -0.315. The first-order chi connectivity index (χ1) is 29.0. The number of phenolic OH excluding ortho intramolecular Hbond substituents is 1. The van der Waals surface area contributed by atoms with Crippen molar-refractivity contribution in [1.82, 2.24) is 28.3 Å². The van der Waals surface area contributed by atoms with Crippen molar-refractivity contribution < 1.29 is 5.11 Å². The maximum absolute atomic E-state index is 12.4. The van der Waals surface area contributed by atoms with Gasteiger partial charge in [-0.1, -0.05) is 139 Å². The molecule has 0 aliphatic rings. The number of hydrogen-bond acceptors (Lipinski definition) is 4. The molecule has 0 spiro atoms. The second-order valence-electron chi connectivity index (χ2n) is 18.0. The number of benzene rings is 7. The van der Waals surface area contributed by atoms with Crippen molar-refractivity contribution in [3.8, 4) is 45.1 Å². The Kier molecular flexibility index (Phi) is 7.70. The van der Waals surface area contributed by atoms with E-state index in [2.05, 4.69) is 194 Å². The van der Waals surface area contributed by atoms with Crippen LogP contribution in [-0.4, -0.2) is 33.4 Å². The van der Waals surface area contributed by atoms with E-state index >= 15 is 0 Å². The molecule has 0 saturated carbocycles. The Morgan fingerprint density at radius 2 is 1.17 bits per heavy atom. The smallest absolute Gasteiger partial charge is 0.221 e. The molecule has 0 aliphatic heterocycles. The second kappa shape index (κ2) is 12.9. The van der Waals surface area contributed by atoms with Gasteiger partial charge in [0.05, 0.1) is 49.9 Å². The Morgan fingerprint density at radius 3 is 1.97 bits per heavy atom. The van der Waals surface area contributed by atoms with Gasteiger partial charge in [0.15, 0.2) is 0 Å². The highest BCUT2D eigenvalue weighted by Gasteiger charge is 2.29. The van der Waals surface area contributed by atoms with Gasteiger partial charge in [0.2, 0.25) is 5.78 Å². The molecule has 11 rings (SSSR count). The van der Waals surface area contributed by atoms with Crippen LogP contribution in [0, 0.1) is 0 Å². The SMILES string of the molecule is CC(C)(C)c1cc(-c2nc3c(-c4ccc5nc6c7ccccc7n7c8ccccc8nc7n6c5c4)cccc3n2-c2ccccc2-c2ccccc2)c(O)c(C(C)(C)C)c1. The molecule has 7 aromatic carbocycles. The van der Waals surface area contributed by atoms with Gasteiger partial charge in [-0.25, -0.2) is 15.0 Å². The van der Waals surface area contributed by atoms with Gasteiger partial charge >= 0.3 is 0 Å². The van der Waals surface area contributed by atoms with Crippen LogP contribution in [0.15, 0.2) is 152 Å². The number of aromatic nitrogens is 6. The highest BCUT2D eigenvalue weighted by molar-refractivity contribution is 6.03. The first kappa shape index (κ1) is 35.9. The molecule has 0 fully saturated rings. The Labute approximate surface area is 347 Å². The molecule has 7 heteroatoms. The minimum absolute atomic E-state index is 0.173. The van der Waals surface area contributed by atoms with Crippen LogP contribution in [0.4, 0.5) is 0 Å². The van der Waals surface area contributed by atoms with E-state index in [-0.39, 0.29) is 16.6 Å². The van der Waals surface area contributed by atoms with E-state index < -0.39 is 0 Å². The van der Waals surface area contributed by atoms with Crippen LogP contribution in [0.3, 0.4) is 0 Å². The zero-order chi connectivity index (χ0) is 41.1. The monoisotopic (exact) mass is 780 g/mol. The van der Waals surface area contributed by atoms with Gasteiger partial charge in [-0.05, 0) is 82.1 Å². The summed E-state index contributed by atoms with van der Waals surface area (Å²) in [6.45, 7) is 13.1. The fraction of sp³-hybridized carbons (Fsp3) is 0.151. The highest BCUT2D eigenvalue weighted by Crippen LogP contribution is 2.45. The van der Waals surface area contributed by atoms with Crippen molar-refractivity contribution in [2.24, 2.45) is 0 Å². The van der Waals surface area contributed by atoms with Crippen molar-refractivity contribution in [1.29, 1.82) is 0 Å². The second-order valence-corrected chi connectivity index (χ2v) is 18.0. The molecule has 0 amide bonds. The normalized spacial score (nSPS) is 12.6. The largest absolute Gasteiger partial charge is 0.507 e. The molecule has 0 atom stereocenters. The topological polar surface area (TPSA) is 72.6 Å². The Balaban J connectivity index is 1.23. The molecular formula is C53H44N6O. The van der Waals surface area contributed by atoms with Crippen LogP contribution >= 0.6 is 0 Å². The minimum Gasteiger partial charge on any atom is -0.507 e. The number of imidazole rings is 3. The molecule has 0 radical (unpaired) electrons. The van der Waals surface area contributed by atoms with Crippen LogP contribution in [0.2, 0.25) is 0 Å². The first-order valence-corrected chi connectivity index (χ1v) is 20.6. The highest BCUT2D eigenvalue weighted by atomic mass is 16.3. The molecule has 0 bridgehead atoms. The van der Waals surface area contributed by atoms with Gasteiger partial charge in [-0.15, -0.1) is 0 Å². The maximum atomic E-state index is 12.4. The number of para-hydroxylation sites is 5. The third-order valence-electron chi connectivity index (χ3n) is 12.0. The summed E-state index contributed by atoms with van der Waals surface area (Å²) in [5, 5.41) is 13.4. The van der Waals surface area contributed by atoms with Crippen LogP contribution in [0.5, 0.6) is 5.75 Å². The first-order valence-electron chi connectivity index (χ1n) is 20.6. The van der Waals surface area contributed by atoms with E-state index in [9.17, 15) is 5.11 Å². The predicted octanol–water partition coefficient (Wildman–Crippen LogP) is 13.1. The van der Waals surface area contributed by atoms with Gasteiger partial charge in [0, 0.05) is 22.1 Å². The summed E-state index contributed by atoms with van der Waals surface area (Å²) >= 11 is 0. The van der Waals surface area contributed by atoms with Gasteiger partial charge in [0.25, 0.3) is 0 Å². The number of hydrogen-bond donors (Lipinski definition) is 1. The lowest BCUT2D eigenvalue weighted by Crippen LogP contribution is -2.17. The van der Waals surface area contributed by atoms with Crippen LogP contribution in [0.1, 0.15) is 52.7 Å². The molecule has 4 aromatic heterocycles. The van der Waals surface area contributed by atoms with E-state index in [4.69, 9.17) is 15.0 Å². The molecule has 7 nitrogen and oxygen atoms in total. The number of rotatable bonds is 4. The molecule has 292 valence electrons. The van der Waals surface area contributed by atoms with Crippen LogP contribution in [0.25, 0.3) is 94.8 Å². The van der Waals surface area contributed by atoms with E-state index in [0.717, 1.165) is 94.5 Å². The van der Waals surface area contributed by atoms with Crippen molar-refractivity contribution in [3.63, 3.8) is 0 Å². The Hall–Kier alpha value is -7.25. The number of phenols is 1. The summed E-state index contributed by atoms with van der Waals surface area (Å²) in [6, 6.07) is 52.9. The molecule has 60 heavy (non-hydrogen) atoms. The standard InChI is InChI=1S/C53H44N6O/c1-52(2,3)34-30-38(48(60)39(31-34)53(4,5)6)50-56-47-36(21-16-26-45(47)57(50)42-23-13-10-19-35(42)32-17-8-7-9-18-32)33-27-28-41-46(29-33)59-49(54-41)37-20-11-14-24-43(37)58-44-25-15-12-22-40(44)55-51(58)59/h7-31,60H,1-6H3. The van der Waals surface area contributed by atoms with Crippen LogP contribution < -0.4 is 0 Å². The summed E-state index contributed by atoms with van der Waals surface area (Å²) in [5.41, 5.74) is 14.9. The Bertz CT molecular complexity index is 3520.